The Labute approximate surface area is 116 Å². The van der Waals surface area contributed by atoms with Crippen molar-refractivity contribution in [2.45, 2.75) is 31.4 Å². The minimum absolute atomic E-state index is 0.0418. The normalized spacial score (nSPS) is 21.8. The van der Waals surface area contributed by atoms with Crippen LogP contribution in [0.25, 0.3) is 0 Å². The number of halogens is 1. The molecule has 2 rings (SSSR count). The Balaban J connectivity index is 2.18. The topological polar surface area (TPSA) is 73.6 Å². The van der Waals surface area contributed by atoms with Gasteiger partial charge in [-0.25, -0.2) is 4.39 Å². The minimum atomic E-state index is -0.664. The molecule has 0 amide bonds. The highest BCUT2D eigenvalue weighted by Gasteiger charge is 2.26. The van der Waals surface area contributed by atoms with Gasteiger partial charge in [0.25, 0.3) is 0 Å². The zero-order valence-electron chi connectivity index (χ0n) is 11.4. The van der Waals surface area contributed by atoms with Crippen LogP contribution in [0.5, 0.6) is 5.75 Å². The van der Waals surface area contributed by atoms with Gasteiger partial charge in [0, 0.05) is 19.2 Å². The Bertz CT molecular complexity index is 509. The van der Waals surface area contributed by atoms with E-state index in [9.17, 15) is 14.5 Å². The van der Waals surface area contributed by atoms with Crippen LogP contribution in [0.15, 0.2) is 12.1 Å². The molecule has 0 bridgehead atoms. The van der Waals surface area contributed by atoms with Gasteiger partial charge in [-0.2, -0.15) is 0 Å². The molecular weight excluding hydrogens is 267 g/mol. The summed E-state index contributed by atoms with van der Waals surface area (Å²) in [6.45, 7) is 0. The number of nitro benzene ring substituents is 1. The average molecular weight is 284 g/mol. The van der Waals surface area contributed by atoms with Gasteiger partial charge in [-0.3, -0.25) is 10.1 Å². The SMILES string of the molecule is COc1cc(NC2CCC(OC)C2)c(F)cc1[N+](=O)[O-]. The van der Waals surface area contributed by atoms with E-state index >= 15 is 0 Å². The highest BCUT2D eigenvalue weighted by molar-refractivity contribution is 5.59. The predicted molar refractivity (Wildman–Crippen MR) is 71.7 cm³/mol. The van der Waals surface area contributed by atoms with Gasteiger partial charge >= 0.3 is 5.69 Å². The highest BCUT2D eigenvalue weighted by Crippen LogP contribution is 2.34. The van der Waals surface area contributed by atoms with E-state index in [-0.39, 0.29) is 29.3 Å². The summed E-state index contributed by atoms with van der Waals surface area (Å²) in [6.07, 6.45) is 2.75. The number of hydrogen-bond acceptors (Lipinski definition) is 5. The van der Waals surface area contributed by atoms with E-state index in [0.717, 1.165) is 25.3 Å². The van der Waals surface area contributed by atoms with Crippen LogP contribution in [-0.2, 0) is 4.74 Å². The molecule has 2 unspecified atom stereocenters. The molecule has 1 aliphatic rings. The van der Waals surface area contributed by atoms with Gasteiger partial charge in [0.2, 0.25) is 0 Å². The van der Waals surface area contributed by atoms with E-state index in [0.29, 0.717) is 0 Å². The van der Waals surface area contributed by atoms with Crippen LogP contribution >= 0.6 is 0 Å². The maximum atomic E-state index is 13.9. The molecule has 1 aromatic carbocycles. The molecule has 1 fully saturated rings. The number of nitrogens with zero attached hydrogens (tertiary/aromatic N) is 1. The summed E-state index contributed by atoms with van der Waals surface area (Å²) in [5.41, 5.74) is -0.161. The molecule has 0 saturated heterocycles. The van der Waals surface area contributed by atoms with Crippen LogP contribution in [0.4, 0.5) is 15.8 Å². The molecule has 0 spiro atoms. The molecule has 0 aromatic heterocycles. The van der Waals surface area contributed by atoms with E-state index in [2.05, 4.69) is 5.32 Å². The molecule has 20 heavy (non-hydrogen) atoms. The van der Waals surface area contributed by atoms with E-state index < -0.39 is 10.7 Å². The summed E-state index contributed by atoms with van der Waals surface area (Å²) >= 11 is 0. The number of benzene rings is 1. The van der Waals surface area contributed by atoms with Gasteiger partial charge in [-0.1, -0.05) is 0 Å². The van der Waals surface area contributed by atoms with E-state index in [1.807, 2.05) is 0 Å². The van der Waals surface area contributed by atoms with Crippen molar-refractivity contribution in [3.05, 3.63) is 28.1 Å². The Morgan fingerprint density at radius 3 is 2.70 bits per heavy atom. The van der Waals surface area contributed by atoms with Gasteiger partial charge in [0.05, 0.1) is 29.9 Å². The molecule has 0 heterocycles. The summed E-state index contributed by atoms with van der Waals surface area (Å²) in [5.74, 6) is -0.612. The fraction of sp³-hybridized carbons (Fsp3) is 0.538. The van der Waals surface area contributed by atoms with Crippen molar-refractivity contribution in [3.8, 4) is 5.75 Å². The first-order valence-corrected chi connectivity index (χ1v) is 6.36. The first-order valence-electron chi connectivity index (χ1n) is 6.36. The smallest absolute Gasteiger partial charge is 0.313 e. The lowest BCUT2D eigenvalue weighted by molar-refractivity contribution is -0.385. The van der Waals surface area contributed by atoms with Gasteiger partial charge in [0.15, 0.2) is 11.6 Å². The molecular formula is C13H17FN2O4. The first kappa shape index (κ1) is 14.5. The molecule has 0 radical (unpaired) electrons. The van der Waals surface area contributed by atoms with Crippen molar-refractivity contribution in [1.82, 2.24) is 0 Å². The third-order valence-electron chi connectivity index (χ3n) is 3.54. The Hall–Kier alpha value is -1.89. The van der Waals surface area contributed by atoms with Gasteiger partial charge in [-0.15, -0.1) is 0 Å². The summed E-state index contributed by atoms with van der Waals surface area (Å²) in [7, 11) is 2.98. The van der Waals surface area contributed by atoms with Crippen molar-refractivity contribution in [2.75, 3.05) is 19.5 Å². The van der Waals surface area contributed by atoms with Crippen molar-refractivity contribution in [1.29, 1.82) is 0 Å². The van der Waals surface area contributed by atoms with Crippen LogP contribution in [0.2, 0.25) is 0 Å². The maximum Gasteiger partial charge on any atom is 0.313 e. The predicted octanol–water partition coefficient (Wildman–Crippen LogP) is 2.72. The number of anilines is 1. The Kier molecular flexibility index (Phi) is 4.39. The number of methoxy groups -OCH3 is 2. The number of hydrogen-bond donors (Lipinski definition) is 1. The number of rotatable bonds is 5. The Morgan fingerprint density at radius 1 is 1.40 bits per heavy atom. The molecule has 110 valence electrons. The molecule has 1 aromatic rings. The van der Waals surface area contributed by atoms with Crippen LogP contribution < -0.4 is 10.1 Å². The van der Waals surface area contributed by atoms with E-state index in [1.165, 1.54) is 13.2 Å². The second-order valence-electron chi connectivity index (χ2n) is 4.77. The largest absolute Gasteiger partial charge is 0.490 e. The van der Waals surface area contributed by atoms with Gasteiger partial charge < -0.3 is 14.8 Å². The molecule has 7 heteroatoms. The monoisotopic (exact) mass is 284 g/mol. The summed E-state index contributed by atoms with van der Waals surface area (Å²) < 4.78 is 24.1. The van der Waals surface area contributed by atoms with Crippen molar-refractivity contribution in [3.63, 3.8) is 0 Å². The number of nitro groups is 1. The van der Waals surface area contributed by atoms with Gasteiger partial charge in [0.1, 0.15) is 0 Å². The van der Waals surface area contributed by atoms with Crippen LogP contribution in [-0.4, -0.2) is 31.3 Å². The quantitative estimate of drug-likeness (QED) is 0.664. The first-order chi connectivity index (χ1) is 9.55. The van der Waals surface area contributed by atoms with Gasteiger partial charge in [-0.05, 0) is 19.3 Å². The third-order valence-corrected chi connectivity index (χ3v) is 3.54. The maximum absolute atomic E-state index is 13.9. The second-order valence-corrected chi connectivity index (χ2v) is 4.77. The summed E-state index contributed by atoms with van der Waals surface area (Å²) in [4.78, 5) is 10.1. The molecule has 6 nitrogen and oxygen atoms in total. The molecule has 0 aliphatic heterocycles. The van der Waals surface area contributed by atoms with Crippen LogP contribution in [0, 0.1) is 15.9 Å². The molecule has 1 N–H and O–H groups in total. The molecule has 1 saturated carbocycles. The van der Waals surface area contributed by atoms with Crippen molar-refractivity contribution >= 4 is 11.4 Å². The fourth-order valence-electron chi connectivity index (χ4n) is 2.46. The summed E-state index contributed by atoms with van der Waals surface area (Å²) in [5, 5.41) is 13.8. The van der Waals surface area contributed by atoms with Crippen molar-refractivity contribution < 1.29 is 18.8 Å². The standard InChI is InChI=1S/C13H17FN2O4/c1-19-9-4-3-8(5-9)15-11-7-13(20-2)12(16(17)18)6-10(11)14/h6-9,15H,3-5H2,1-2H3. The van der Waals surface area contributed by atoms with E-state index in [4.69, 9.17) is 9.47 Å². The summed E-state index contributed by atoms with van der Waals surface area (Å²) in [6, 6.07) is 2.30. The minimum Gasteiger partial charge on any atom is -0.490 e. The molecule has 1 aliphatic carbocycles. The zero-order chi connectivity index (χ0) is 14.7. The highest BCUT2D eigenvalue weighted by atomic mass is 19.1. The third kappa shape index (κ3) is 2.98. The number of nitrogens with one attached hydrogen (secondary N) is 1. The van der Waals surface area contributed by atoms with Crippen LogP contribution in [0.3, 0.4) is 0 Å². The average Bonchev–Trinajstić information content (AvgIpc) is 2.88. The number of ether oxygens (including phenoxy) is 2. The Morgan fingerprint density at radius 2 is 2.15 bits per heavy atom. The zero-order valence-corrected chi connectivity index (χ0v) is 11.4. The molecule has 2 atom stereocenters. The van der Waals surface area contributed by atoms with Crippen molar-refractivity contribution in [2.24, 2.45) is 0 Å². The lowest BCUT2D eigenvalue weighted by atomic mass is 10.2. The lowest BCUT2D eigenvalue weighted by Gasteiger charge is -2.15. The van der Waals surface area contributed by atoms with Crippen LogP contribution in [0.1, 0.15) is 19.3 Å². The fourth-order valence-corrected chi connectivity index (χ4v) is 2.46. The second kappa shape index (κ2) is 6.04. The van der Waals surface area contributed by atoms with E-state index in [1.54, 1.807) is 7.11 Å². The lowest BCUT2D eigenvalue weighted by Crippen LogP contribution is -2.18.